The van der Waals surface area contributed by atoms with E-state index in [9.17, 15) is 9.59 Å². The van der Waals surface area contributed by atoms with Crippen LogP contribution in [0.25, 0.3) is 0 Å². The summed E-state index contributed by atoms with van der Waals surface area (Å²) in [6.45, 7) is 0. The molecule has 0 fully saturated rings. The van der Waals surface area contributed by atoms with Crippen molar-refractivity contribution in [1.82, 2.24) is 9.78 Å². The Labute approximate surface area is 141 Å². The Morgan fingerprint density at radius 3 is 2.74 bits per heavy atom. The fourth-order valence-electron chi connectivity index (χ4n) is 2.01. The second kappa shape index (κ2) is 6.59. The minimum absolute atomic E-state index is 0.0370. The molecule has 3 rings (SSSR count). The van der Waals surface area contributed by atoms with Crippen molar-refractivity contribution < 1.29 is 4.79 Å². The molecule has 0 saturated carbocycles. The molecule has 1 aromatic heterocycles. The average molecular weight is 346 g/mol. The van der Waals surface area contributed by atoms with E-state index >= 15 is 0 Å². The van der Waals surface area contributed by atoms with E-state index in [1.165, 1.54) is 28.2 Å². The molecule has 0 radical (unpaired) electrons. The molecule has 0 amide bonds. The number of fused-ring (bicyclic) bond motifs is 1. The molecule has 0 saturated heterocycles. The average Bonchev–Trinajstić information content (AvgIpc) is 2.57. The lowest BCUT2D eigenvalue weighted by Crippen LogP contribution is -2.27. The van der Waals surface area contributed by atoms with Crippen LogP contribution in [-0.2, 0) is 7.05 Å². The minimum Gasteiger partial charge on any atom is -0.293 e. The molecule has 8 heteroatoms. The van der Waals surface area contributed by atoms with E-state index in [1.54, 1.807) is 37.4 Å². The monoisotopic (exact) mass is 346 g/mol. The molecular formula is C15H14N4O2S2. The number of aryl methyl sites for hydroxylation is 1. The quantitative estimate of drug-likeness (QED) is 0.794. The normalized spacial score (nSPS) is 13.5. The van der Waals surface area contributed by atoms with Crippen molar-refractivity contribution in [2.24, 2.45) is 12.1 Å². The van der Waals surface area contributed by atoms with E-state index in [0.717, 1.165) is 0 Å². The van der Waals surface area contributed by atoms with Crippen molar-refractivity contribution in [3.05, 3.63) is 52.4 Å². The number of hydrogen-bond donors (Lipinski definition) is 0. The largest absolute Gasteiger partial charge is 0.293 e. The van der Waals surface area contributed by atoms with Gasteiger partial charge in [-0.3, -0.25) is 14.6 Å². The predicted octanol–water partition coefficient (Wildman–Crippen LogP) is 2.21. The smallest absolute Gasteiger partial charge is 0.282 e. The van der Waals surface area contributed by atoms with Crippen LogP contribution in [0.4, 0.5) is 5.69 Å². The summed E-state index contributed by atoms with van der Waals surface area (Å²) in [5.74, 6) is 0.319. The number of nitrogens with zero attached hydrogens (tertiary/aromatic N) is 4. The van der Waals surface area contributed by atoms with Crippen LogP contribution < -0.4 is 10.6 Å². The SMILES string of the molecule is CN1N=C(SCC(=O)c2ccccc2)Sc2c1cnn(C)c2=O. The van der Waals surface area contributed by atoms with Crippen molar-refractivity contribution in [2.75, 3.05) is 17.8 Å². The lowest BCUT2D eigenvalue weighted by atomic mass is 10.2. The Hall–Kier alpha value is -2.06. The maximum absolute atomic E-state index is 12.2. The summed E-state index contributed by atoms with van der Waals surface area (Å²) in [6.07, 6.45) is 1.61. The minimum atomic E-state index is -0.165. The Kier molecular flexibility index (Phi) is 4.53. The van der Waals surface area contributed by atoms with Gasteiger partial charge in [-0.1, -0.05) is 53.9 Å². The van der Waals surface area contributed by atoms with E-state index < -0.39 is 0 Å². The third-order valence-corrected chi connectivity index (χ3v) is 5.45. The standard InChI is InChI=1S/C15H14N4O2S2/c1-18-11-8-16-19(2)14(21)13(11)23-15(17-18)22-9-12(20)10-6-4-3-5-7-10/h3-8H,9H2,1-2H3. The summed E-state index contributed by atoms with van der Waals surface area (Å²) in [4.78, 5) is 24.9. The molecule has 0 N–H and O–H groups in total. The Morgan fingerprint density at radius 1 is 1.26 bits per heavy atom. The molecule has 2 heterocycles. The summed E-state index contributed by atoms with van der Waals surface area (Å²) in [7, 11) is 3.37. The van der Waals surface area contributed by atoms with E-state index in [-0.39, 0.29) is 17.1 Å². The molecule has 6 nitrogen and oxygen atoms in total. The summed E-state index contributed by atoms with van der Waals surface area (Å²) in [5.41, 5.74) is 1.19. The van der Waals surface area contributed by atoms with Crippen LogP contribution in [0.1, 0.15) is 10.4 Å². The third kappa shape index (κ3) is 3.32. The number of anilines is 1. The van der Waals surface area contributed by atoms with Gasteiger partial charge in [0.15, 0.2) is 10.2 Å². The molecule has 1 aliphatic heterocycles. The Balaban J connectivity index is 1.74. The number of thioether (sulfide) groups is 2. The highest BCUT2D eigenvalue weighted by Crippen LogP contribution is 2.35. The summed E-state index contributed by atoms with van der Waals surface area (Å²) >= 11 is 2.62. The molecular weight excluding hydrogens is 332 g/mol. The van der Waals surface area contributed by atoms with Crippen molar-refractivity contribution in [1.29, 1.82) is 0 Å². The van der Waals surface area contributed by atoms with Crippen LogP contribution in [0.15, 0.2) is 51.3 Å². The van der Waals surface area contributed by atoms with Gasteiger partial charge in [-0.15, -0.1) is 0 Å². The van der Waals surface area contributed by atoms with Crippen molar-refractivity contribution in [3.8, 4) is 0 Å². The van der Waals surface area contributed by atoms with Crippen LogP contribution in [0.2, 0.25) is 0 Å². The van der Waals surface area contributed by atoms with Crippen LogP contribution in [-0.4, -0.2) is 32.7 Å². The Morgan fingerprint density at radius 2 is 2.00 bits per heavy atom. The lowest BCUT2D eigenvalue weighted by molar-refractivity contribution is 0.102. The second-order valence-corrected chi connectivity index (χ2v) is 7.08. The number of hydrogen-bond acceptors (Lipinski definition) is 7. The van der Waals surface area contributed by atoms with Gasteiger partial charge in [-0.05, 0) is 0 Å². The fourth-order valence-corrected chi connectivity index (χ4v) is 4.12. The first-order chi connectivity index (χ1) is 11.1. The van der Waals surface area contributed by atoms with Crippen molar-refractivity contribution in [3.63, 3.8) is 0 Å². The zero-order valence-electron chi connectivity index (χ0n) is 12.6. The number of aromatic nitrogens is 2. The highest BCUT2D eigenvalue weighted by Gasteiger charge is 2.23. The van der Waals surface area contributed by atoms with Gasteiger partial charge in [0.25, 0.3) is 5.56 Å². The van der Waals surface area contributed by atoms with Crippen LogP contribution >= 0.6 is 23.5 Å². The molecule has 0 atom stereocenters. The van der Waals surface area contributed by atoms with Crippen LogP contribution in [0, 0.1) is 0 Å². The van der Waals surface area contributed by atoms with E-state index in [1.807, 2.05) is 18.2 Å². The first kappa shape index (κ1) is 15.8. The summed E-state index contributed by atoms with van der Waals surface area (Å²) < 4.78 is 1.97. The Bertz CT molecular complexity index is 833. The van der Waals surface area contributed by atoms with Gasteiger partial charge < -0.3 is 0 Å². The van der Waals surface area contributed by atoms with Crippen LogP contribution in [0.5, 0.6) is 0 Å². The molecule has 2 aromatic rings. The van der Waals surface area contributed by atoms with Gasteiger partial charge in [-0.2, -0.15) is 10.2 Å². The number of ketones is 1. The summed E-state index contributed by atoms with van der Waals surface area (Å²) in [6, 6.07) is 9.14. The molecule has 0 unspecified atom stereocenters. The number of rotatable bonds is 3. The molecule has 1 aromatic carbocycles. The van der Waals surface area contributed by atoms with Crippen LogP contribution in [0.3, 0.4) is 0 Å². The highest BCUT2D eigenvalue weighted by molar-refractivity contribution is 8.39. The second-order valence-electron chi connectivity index (χ2n) is 4.86. The van der Waals surface area contributed by atoms with E-state index in [0.29, 0.717) is 20.5 Å². The van der Waals surface area contributed by atoms with Gasteiger partial charge in [0, 0.05) is 19.7 Å². The summed E-state index contributed by atoms with van der Waals surface area (Å²) in [5, 5.41) is 10.0. The van der Waals surface area contributed by atoms with E-state index in [2.05, 4.69) is 10.2 Å². The zero-order valence-corrected chi connectivity index (χ0v) is 14.2. The molecule has 23 heavy (non-hydrogen) atoms. The fraction of sp³-hybridized carbons (Fsp3) is 0.200. The maximum Gasteiger partial charge on any atom is 0.282 e. The number of carbonyl (C=O) groups excluding carboxylic acids is 1. The molecule has 0 bridgehead atoms. The molecule has 118 valence electrons. The highest BCUT2D eigenvalue weighted by atomic mass is 32.2. The predicted molar refractivity (Wildman–Crippen MR) is 94.4 cm³/mol. The van der Waals surface area contributed by atoms with Crippen molar-refractivity contribution >= 4 is 39.4 Å². The number of benzene rings is 1. The van der Waals surface area contributed by atoms with E-state index in [4.69, 9.17) is 0 Å². The zero-order chi connectivity index (χ0) is 16.4. The van der Waals surface area contributed by atoms with Gasteiger partial charge >= 0.3 is 0 Å². The molecule has 1 aliphatic rings. The number of carbonyl (C=O) groups is 1. The topological polar surface area (TPSA) is 67.6 Å². The lowest BCUT2D eigenvalue weighted by Gasteiger charge is -2.22. The number of hydrazone groups is 1. The van der Waals surface area contributed by atoms with Crippen molar-refractivity contribution in [2.45, 2.75) is 4.90 Å². The third-order valence-electron chi connectivity index (χ3n) is 3.27. The molecule has 0 spiro atoms. The first-order valence-corrected chi connectivity index (χ1v) is 8.64. The first-order valence-electron chi connectivity index (χ1n) is 6.84. The maximum atomic E-state index is 12.2. The van der Waals surface area contributed by atoms with Gasteiger partial charge in [-0.25, -0.2) is 4.68 Å². The van der Waals surface area contributed by atoms with Gasteiger partial charge in [0.1, 0.15) is 4.90 Å². The molecule has 0 aliphatic carbocycles. The van der Waals surface area contributed by atoms with Gasteiger partial charge in [0.2, 0.25) is 0 Å². The van der Waals surface area contributed by atoms with Gasteiger partial charge in [0.05, 0.1) is 17.6 Å². The number of Topliss-reactive ketones (excluding diaryl/α,β-unsaturated/α-hetero) is 1.